The van der Waals surface area contributed by atoms with Gasteiger partial charge in [0.25, 0.3) is 0 Å². The molecular formula is C17H26N2O. The molecular weight excluding hydrogens is 248 g/mol. The Hall–Kier alpha value is -1.06. The standard InChI is InChI=1S/C17H26N2O/c1-19(2)17(8-3-4-9-17)13-18-12-14-5-6-16-15(11-14)7-10-20-16/h5-6,11,18H,3-4,7-10,12-13H2,1-2H3. The van der Waals surface area contributed by atoms with E-state index < -0.39 is 0 Å². The van der Waals surface area contributed by atoms with E-state index in [1.165, 1.54) is 36.8 Å². The summed E-state index contributed by atoms with van der Waals surface area (Å²) in [6.07, 6.45) is 6.45. The largest absolute Gasteiger partial charge is 0.493 e. The van der Waals surface area contributed by atoms with Crippen LogP contribution in [0.2, 0.25) is 0 Å². The molecule has 3 heteroatoms. The Morgan fingerprint density at radius 2 is 2.05 bits per heavy atom. The molecule has 3 nitrogen and oxygen atoms in total. The highest BCUT2D eigenvalue weighted by molar-refractivity contribution is 5.39. The predicted molar refractivity (Wildman–Crippen MR) is 82.2 cm³/mol. The van der Waals surface area contributed by atoms with Gasteiger partial charge in [0.2, 0.25) is 0 Å². The van der Waals surface area contributed by atoms with E-state index in [1.807, 2.05) is 0 Å². The Bertz CT molecular complexity index is 464. The molecule has 1 N–H and O–H groups in total. The molecule has 0 radical (unpaired) electrons. The molecule has 0 saturated heterocycles. The van der Waals surface area contributed by atoms with Gasteiger partial charge in [0.15, 0.2) is 0 Å². The third-order valence-electron chi connectivity index (χ3n) is 5.02. The first-order valence-corrected chi connectivity index (χ1v) is 7.82. The SMILES string of the molecule is CN(C)C1(CNCc2ccc3c(c2)CCO3)CCCC1. The van der Waals surface area contributed by atoms with Crippen LogP contribution in [0.4, 0.5) is 0 Å². The van der Waals surface area contributed by atoms with Gasteiger partial charge in [-0.2, -0.15) is 0 Å². The highest BCUT2D eigenvalue weighted by atomic mass is 16.5. The second kappa shape index (κ2) is 5.74. The van der Waals surface area contributed by atoms with Crippen LogP contribution >= 0.6 is 0 Å². The number of nitrogens with zero attached hydrogens (tertiary/aromatic N) is 1. The van der Waals surface area contributed by atoms with Gasteiger partial charge in [0.1, 0.15) is 5.75 Å². The van der Waals surface area contributed by atoms with Crippen LogP contribution in [0.5, 0.6) is 5.75 Å². The summed E-state index contributed by atoms with van der Waals surface area (Å²) in [6, 6.07) is 6.61. The lowest BCUT2D eigenvalue weighted by Crippen LogP contribution is -2.49. The second-order valence-corrected chi connectivity index (χ2v) is 6.47. The van der Waals surface area contributed by atoms with Crippen molar-refractivity contribution in [1.82, 2.24) is 10.2 Å². The Labute approximate surface area is 122 Å². The molecule has 2 aliphatic rings. The van der Waals surface area contributed by atoms with Crippen molar-refractivity contribution in [3.63, 3.8) is 0 Å². The van der Waals surface area contributed by atoms with Crippen molar-refractivity contribution in [2.45, 2.75) is 44.2 Å². The third kappa shape index (κ3) is 2.70. The highest BCUT2D eigenvalue weighted by Gasteiger charge is 2.35. The van der Waals surface area contributed by atoms with E-state index in [4.69, 9.17) is 4.74 Å². The van der Waals surface area contributed by atoms with Gasteiger partial charge >= 0.3 is 0 Å². The van der Waals surface area contributed by atoms with Crippen molar-refractivity contribution < 1.29 is 4.74 Å². The topological polar surface area (TPSA) is 24.5 Å². The van der Waals surface area contributed by atoms with Gasteiger partial charge in [-0.3, -0.25) is 0 Å². The van der Waals surface area contributed by atoms with E-state index in [9.17, 15) is 0 Å². The molecule has 110 valence electrons. The van der Waals surface area contributed by atoms with Crippen LogP contribution in [-0.4, -0.2) is 37.7 Å². The van der Waals surface area contributed by atoms with Crippen LogP contribution < -0.4 is 10.1 Å². The van der Waals surface area contributed by atoms with E-state index in [1.54, 1.807) is 0 Å². The van der Waals surface area contributed by atoms with Crippen molar-refractivity contribution in [2.24, 2.45) is 0 Å². The molecule has 0 bridgehead atoms. The molecule has 0 spiro atoms. The van der Waals surface area contributed by atoms with Crippen molar-refractivity contribution in [3.05, 3.63) is 29.3 Å². The van der Waals surface area contributed by atoms with Crippen LogP contribution in [-0.2, 0) is 13.0 Å². The van der Waals surface area contributed by atoms with Gasteiger partial charge in [0, 0.05) is 25.0 Å². The number of likely N-dealkylation sites (N-methyl/N-ethyl adjacent to an activating group) is 1. The quantitative estimate of drug-likeness (QED) is 0.893. The van der Waals surface area contributed by atoms with E-state index in [0.29, 0.717) is 5.54 Å². The Morgan fingerprint density at radius 3 is 2.80 bits per heavy atom. The molecule has 1 heterocycles. The minimum Gasteiger partial charge on any atom is -0.493 e. The maximum Gasteiger partial charge on any atom is 0.122 e. The molecule has 1 aromatic carbocycles. The molecule has 20 heavy (non-hydrogen) atoms. The van der Waals surface area contributed by atoms with Gasteiger partial charge in [-0.25, -0.2) is 0 Å². The predicted octanol–water partition coefficient (Wildman–Crippen LogP) is 2.59. The Kier molecular flexibility index (Phi) is 3.99. The summed E-state index contributed by atoms with van der Waals surface area (Å²) >= 11 is 0. The Balaban J connectivity index is 1.57. The zero-order valence-corrected chi connectivity index (χ0v) is 12.7. The van der Waals surface area contributed by atoms with Gasteiger partial charge in [-0.05, 0) is 44.1 Å². The number of rotatable bonds is 5. The number of hydrogen-bond donors (Lipinski definition) is 1. The smallest absolute Gasteiger partial charge is 0.122 e. The molecule has 0 atom stereocenters. The molecule has 1 fully saturated rings. The lowest BCUT2D eigenvalue weighted by atomic mass is 9.96. The first kappa shape index (κ1) is 13.9. The van der Waals surface area contributed by atoms with Gasteiger partial charge in [0.05, 0.1) is 6.61 Å². The normalized spacial score (nSPS) is 20.1. The lowest BCUT2D eigenvalue weighted by molar-refractivity contribution is 0.153. The van der Waals surface area contributed by atoms with Crippen molar-refractivity contribution in [1.29, 1.82) is 0 Å². The minimum atomic E-state index is 0.375. The maximum absolute atomic E-state index is 5.56. The van der Waals surface area contributed by atoms with Crippen molar-refractivity contribution in [2.75, 3.05) is 27.2 Å². The lowest BCUT2D eigenvalue weighted by Gasteiger charge is -2.36. The Morgan fingerprint density at radius 1 is 1.25 bits per heavy atom. The summed E-state index contributed by atoms with van der Waals surface area (Å²) in [5.74, 6) is 1.08. The number of nitrogens with one attached hydrogen (secondary N) is 1. The fourth-order valence-electron chi connectivity index (χ4n) is 3.60. The summed E-state index contributed by atoms with van der Waals surface area (Å²) in [5.41, 5.74) is 3.12. The van der Waals surface area contributed by atoms with Gasteiger partial charge in [-0.1, -0.05) is 25.0 Å². The van der Waals surface area contributed by atoms with Gasteiger partial charge < -0.3 is 15.0 Å². The number of fused-ring (bicyclic) bond motifs is 1. The summed E-state index contributed by atoms with van der Waals surface area (Å²) in [7, 11) is 4.44. The van der Waals surface area contributed by atoms with E-state index in [2.05, 4.69) is 42.5 Å². The summed E-state index contributed by atoms with van der Waals surface area (Å²) in [4.78, 5) is 2.42. The summed E-state index contributed by atoms with van der Waals surface area (Å²) in [6.45, 7) is 2.90. The number of hydrogen-bond acceptors (Lipinski definition) is 3. The third-order valence-corrected chi connectivity index (χ3v) is 5.02. The van der Waals surface area contributed by atoms with E-state index in [-0.39, 0.29) is 0 Å². The van der Waals surface area contributed by atoms with Crippen LogP contribution in [0.25, 0.3) is 0 Å². The average Bonchev–Trinajstić information content (AvgIpc) is 3.07. The molecule has 3 rings (SSSR count). The van der Waals surface area contributed by atoms with E-state index >= 15 is 0 Å². The van der Waals surface area contributed by atoms with E-state index in [0.717, 1.165) is 31.9 Å². The van der Waals surface area contributed by atoms with Crippen molar-refractivity contribution >= 4 is 0 Å². The molecule has 0 aromatic heterocycles. The summed E-state index contributed by atoms with van der Waals surface area (Å²) < 4.78 is 5.56. The van der Waals surface area contributed by atoms with Crippen LogP contribution in [0.1, 0.15) is 36.8 Å². The maximum atomic E-state index is 5.56. The first-order valence-electron chi connectivity index (χ1n) is 7.82. The van der Waals surface area contributed by atoms with Gasteiger partial charge in [-0.15, -0.1) is 0 Å². The fraction of sp³-hybridized carbons (Fsp3) is 0.647. The molecule has 0 amide bonds. The zero-order valence-electron chi connectivity index (χ0n) is 12.7. The fourth-order valence-corrected chi connectivity index (χ4v) is 3.60. The molecule has 1 aromatic rings. The van der Waals surface area contributed by atoms with Crippen molar-refractivity contribution in [3.8, 4) is 5.75 Å². The molecule has 1 aliphatic carbocycles. The zero-order chi connectivity index (χ0) is 14.0. The molecule has 1 aliphatic heterocycles. The molecule has 1 saturated carbocycles. The minimum absolute atomic E-state index is 0.375. The van der Waals surface area contributed by atoms with Crippen LogP contribution in [0.15, 0.2) is 18.2 Å². The average molecular weight is 274 g/mol. The molecule has 0 unspecified atom stereocenters. The highest BCUT2D eigenvalue weighted by Crippen LogP contribution is 2.33. The first-order chi connectivity index (χ1) is 9.70. The second-order valence-electron chi connectivity index (χ2n) is 6.47. The monoisotopic (exact) mass is 274 g/mol. The van der Waals surface area contributed by atoms with Crippen LogP contribution in [0.3, 0.4) is 0 Å². The number of benzene rings is 1. The summed E-state index contributed by atoms with van der Waals surface area (Å²) in [5, 5.41) is 3.67. The van der Waals surface area contributed by atoms with Crippen LogP contribution in [0, 0.1) is 0 Å². The number of ether oxygens (including phenoxy) is 1.